The molecule has 7 heteroatoms. The predicted octanol–water partition coefficient (Wildman–Crippen LogP) is 3.26. The van der Waals surface area contributed by atoms with Crippen LogP contribution in [0, 0.1) is 3.57 Å². The molecule has 2 rings (SSSR count). The number of rotatable bonds is 6. The van der Waals surface area contributed by atoms with Crippen molar-refractivity contribution >= 4 is 40.1 Å². The summed E-state index contributed by atoms with van der Waals surface area (Å²) in [4.78, 5) is 14.9. The first kappa shape index (κ1) is 18.6. The SMILES string of the molecule is CCOc1c(Cl)cc(I)c(O)c1C(=O)NCC1CCCN1CC. The maximum Gasteiger partial charge on any atom is 0.258 e. The molecule has 23 heavy (non-hydrogen) atoms. The van der Waals surface area contributed by atoms with Gasteiger partial charge in [0.25, 0.3) is 5.91 Å². The number of aromatic hydroxyl groups is 1. The summed E-state index contributed by atoms with van der Waals surface area (Å²) in [5, 5.41) is 13.5. The van der Waals surface area contributed by atoms with E-state index < -0.39 is 0 Å². The normalized spacial score (nSPS) is 18.2. The zero-order valence-corrected chi connectivity index (χ0v) is 16.3. The molecule has 128 valence electrons. The van der Waals surface area contributed by atoms with E-state index in [0.717, 1.165) is 25.9 Å². The fraction of sp³-hybridized carbons (Fsp3) is 0.562. The van der Waals surface area contributed by atoms with Crippen LogP contribution in [0.5, 0.6) is 11.5 Å². The van der Waals surface area contributed by atoms with Crippen LogP contribution < -0.4 is 10.1 Å². The highest BCUT2D eigenvalue weighted by molar-refractivity contribution is 14.1. The van der Waals surface area contributed by atoms with Crippen molar-refractivity contribution in [3.05, 3.63) is 20.2 Å². The third-order valence-electron chi connectivity index (χ3n) is 4.08. The van der Waals surface area contributed by atoms with E-state index >= 15 is 0 Å². The minimum Gasteiger partial charge on any atom is -0.506 e. The lowest BCUT2D eigenvalue weighted by atomic mass is 10.1. The molecule has 1 aromatic carbocycles. The zero-order valence-electron chi connectivity index (χ0n) is 13.4. The van der Waals surface area contributed by atoms with Gasteiger partial charge >= 0.3 is 0 Å². The number of nitrogens with zero attached hydrogens (tertiary/aromatic N) is 1. The average Bonchev–Trinajstić information content (AvgIpc) is 2.98. The summed E-state index contributed by atoms with van der Waals surface area (Å²) in [7, 11) is 0. The predicted molar refractivity (Wildman–Crippen MR) is 99.6 cm³/mol. The van der Waals surface area contributed by atoms with Crippen molar-refractivity contribution in [1.29, 1.82) is 0 Å². The number of benzene rings is 1. The standard InChI is InChI=1S/C16H22ClIN2O3/c1-3-20-7-5-6-10(20)9-19-16(22)13-14(21)12(18)8-11(17)15(13)23-4-2/h8,10,21H,3-7,9H2,1-2H3,(H,19,22). The Kier molecular flexibility index (Phi) is 6.79. The molecule has 1 aromatic rings. The number of ether oxygens (including phenoxy) is 1. The van der Waals surface area contributed by atoms with Gasteiger partial charge in [-0.05, 0) is 61.5 Å². The molecule has 0 aliphatic carbocycles. The highest BCUT2D eigenvalue weighted by Crippen LogP contribution is 2.38. The topological polar surface area (TPSA) is 61.8 Å². The molecule has 5 nitrogen and oxygen atoms in total. The molecule has 1 saturated heterocycles. The van der Waals surface area contributed by atoms with Crippen LogP contribution >= 0.6 is 34.2 Å². The zero-order chi connectivity index (χ0) is 17.0. The van der Waals surface area contributed by atoms with Gasteiger partial charge in [-0.25, -0.2) is 0 Å². The van der Waals surface area contributed by atoms with Crippen molar-refractivity contribution in [2.75, 3.05) is 26.2 Å². The number of likely N-dealkylation sites (tertiary alicyclic amines) is 1. The van der Waals surface area contributed by atoms with Crippen LogP contribution in [0.3, 0.4) is 0 Å². The molecule has 1 amide bonds. The van der Waals surface area contributed by atoms with Gasteiger partial charge in [0.15, 0.2) is 5.75 Å². The quantitative estimate of drug-likeness (QED) is 0.651. The number of amides is 1. The third kappa shape index (κ3) is 4.22. The van der Waals surface area contributed by atoms with E-state index in [1.54, 1.807) is 6.07 Å². The Morgan fingerprint density at radius 2 is 2.30 bits per heavy atom. The van der Waals surface area contributed by atoms with E-state index in [1.807, 2.05) is 29.5 Å². The number of halogens is 2. The second-order valence-corrected chi connectivity index (χ2v) is 7.03. The smallest absolute Gasteiger partial charge is 0.258 e. The molecule has 1 atom stereocenters. The summed E-state index contributed by atoms with van der Waals surface area (Å²) in [6.07, 6.45) is 2.23. The number of likely N-dealkylation sites (N-methyl/N-ethyl adjacent to an activating group) is 1. The fourth-order valence-electron chi connectivity index (χ4n) is 2.93. The van der Waals surface area contributed by atoms with Gasteiger partial charge in [0.1, 0.15) is 11.3 Å². The van der Waals surface area contributed by atoms with Crippen molar-refractivity contribution in [3.63, 3.8) is 0 Å². The van der Waals surface area contributed by atoms with Crippen molar-refractivity contribution in [2.45, 2.75) is 32.7 Å². The largest absolute Gasteiger partial charge is 0.506 e. The van der Waals surface area contributed by atoms with Crippen molar-refractivity contribution < 1.29 is 14.6 Å². The Bertz CT molecular complexity index is 583. The van der Waals surface area contributed by atoms with Crippen LogP contribution in [0.15, 0.2) is 6.07 Å². The van der Waals surface area contributed by atoms with Gasteiger partial charge in [0, 0.05) is 12.6 Å². The Balaban J connectivity index is 2.18. The molecule has 2 N–H and O–H groups in total. The van der Waals surface area contributed by atoms with Gasteiger partial charge in [-0.15, -0.1) is 0 Å². The maximum atomic E-state index is 12.6. The number of hydrogen-bond donors (Lipinski definition) is 2. The number of nitrogens with one attached hydrogen (secondary N) is 1. The Hall–Kier alpha value is -0.730. The molecular weight excluding hydrogens is 431 g/mol. The number of hydrogen-bond acceptors (Lipinski definition) is 4. The molecule has 1 aliphatic heterocycles. The lowest BCUT2D eigenvalue weighted by Gasteiger charge is -2.23. The van der Waals surface area contributed by atoms with Gasteiger partial charge in [0.05, 0.1) is 15.2 Å². The minimum atomic E-state index is -0.352. The summed E-state index contributed by atoms with van der Waals surface area (Å²) >= 11 is 8.12. The van der Waals surface area contributed by atoms with Crippen molar-refractivity contribution in [3.8, 4) is 11.5 Å². The van der Waals surface area contributed by atoms with E-state index in [9.17, 15) is 9.90 Å². The van der Waals surface area contributed by atoms with Gasteiger partial charge in [-0.1, -0.05) is 18.5 Å². The number of carbonyl (C=O) groups is 1. The molecule has 0 bridgehead atoms. The van der Waals surface area contributed by atoms with E-state index in [-0.39, 0.29) is 23.0 Å². The Labute approximate surface area is 155 Å². The molecule has 1 unspecified atom stereocenters. The lowest BCUT2D eigenvalue weighted by Crippen LogP contribution is -2.40. The van der Waals surface area contributed by atoms with Crippen LogP contribution in [0.1, 0.15) is 37.0 Å². The average molecular weight is 453 g/mol. The minimum absolute atomic E-state index is 0.0882. The number of carbonyl (C=O) groups excluding carboxylic acids is 1. The summed E-state index contributed by atoms with van der Waals surface area (Å²) in [5.41, 5.74) is 0.116. The van der Waals surface area contributed by atoms with Gasteiger partial charge in [0.2, 0.25) is 0 Å². The van der Waals surface area contributed by atoms with Crippen LogP contribution in [0.2, 0.25) is 5.02 Å². The van der Waals surface area contributed by atoms with Crippen molar-refractivity contribution in [1.82, 2.24) is 10.2 Å². The summed E-state index contributed by atoms with van der Waals surface area (Å²) in [6, 6.07) is 1.94. The van der Waals surface area contributed by atoms with E-state index in [1.165, 1.54) is 0 Å². The van der Waals surface area contributed by atoms with Gasteiger partial charge < -0.3 is 15.2 Å². The monoisotopic (exact) mass is 452 g/mol. The molecule has 0 saturated carbocycles. The highest BCUT2D eigenvalue weighted by atomic mass is 127. The second kappa shape index (κ2) is 8.39. The first-order chi connectivity index (χ1) is 11.0. The molecule has 0 spiro atoms. The summed E-state index contributed by atoms with van der Waals surface area (Å²) in [6.45, 7) is 6.91. The molecule has 1 fully saturated rings. The molecule has 1 heterocycles. The molecular formula is C16H22ClIN2O3. The Morgan fingerprint density at radius 1 is 1.57 bits per heavy atom. The maximum absolute atomic E-state index is 12.6. The number of phenols is 1. The molecule has 1 aliphatic rings. The lowest BCUT2D eigenvalue weighted by molar-refractivity contribution is 0.0934. The van der Waals surface area contributed by atoms with Crippen molar-refractivity contribution in [2.24, 2.45) is 0 Å². The first-order valence-electron chi connectivity index (χ1n) is 7.85. The summed E-state index contributed by atoms with van der Waals surface area (Å²) in [5.74, 6) is -0.201. The second-order valence-electron chi connectivity index (χ2n) is 5.46. The first-order valence-corrected chi connectivity index (χ1v) is 9.31. The van der Waals surface area contributed by atoms with Crippen LogP contribution in [0.25, 0.3) is 0 Å². The summed E-state index contributed by atoms with van der Waals surface area (Å²) < 4.78 is 6.00. The van der Waals surface area contributed by atoms with Gasteiger partial charge in [-0.2, -0.15) is 0 Å². The molecule has 0 aromatic heterocycles. The van der Waals surface area contributed by atoms with Crippen LogP contribution in [-0.2, 0) is 0 Å². The third-order valence-corrected chi connectivity index (χ3v) is 5.18. The van der Waals surface area contributed by atoms with Gasteiger partial charge in [-0.3, -0.25) is 9.69 Å². The van der Waals surface area contributed by atoms with E-state index in [4.69, 9.17) is 16.3 Å². The van der Waals surface area contributed by atoms with E-state index in [0.29, 0.717) is 27.8 Å². The van der Waals surface area contributed by atoms with Crippen LogP contribution in [0.4, 0.5) is 0 Å². The van der Waals surface area contributed by atoms with Crippen LogP contribution in [-0.4, -0.2) is 48.2 Å². The number of phenolic OH excluding ortho intramolecular Hbond substituents is 1. The molecule has 0 radical (unpaired) electrons. The van der Waals surface area contributed by atoms with E-state index in [2.05, 4.69) is 17.1 Å². The fourth-order valence-corrected chi connectivity index (χ4v) is 3.95. The highest BCUT2D eigenvalue weighted by Gasteiger charge is 2.26. The Morgan fingerprint density at radius 3 is 2.96 bits per heavy atom.